The third-order valence-electron chi connectivity index (χ3n) is 14.5. The van der Waals surface area contributed by atoms with Crippen LogP contribution in [0.5, 0.6) is 0 Å². The number of halogens is 3. The second-order valence-electron chi connectivity index (χ2n) is 21.0. The predicted molar refractivity (Wildman–Crippen MR) is 373 cm³/mol. The normalized spacial score (nSPS) is 11.7. The molecule has 0 aromatic carbocycles. The molecule has 0 aliphatic carbocycles. The van der Waals surface area contributed by atoms with Crippen molar-refractivity contribution in [3.8, 4) is 22.9 Å². The summed E-state index contributed by atoms with van der Waals surface area (Å²) >= 11 is 11.6. The summed E-state index contributed by atoms with van der Waals surface area (Å²) in [7, 11) is 4.28. The van der Waals surface area contributed by atoms with Gasteiger partial charge in [-0.1, -0.05) is 61.5 Å². The molecule has 0 bridgehead atoms. The van der Waals surface area contributed by atoms with Gasteiger partial charge in [-0.25, -0.2) is 14.8 Å². The Labute approximate surface area is 555 Å². The molecule has 486 valence electrons. The van der Waals surface area contributed by atoms with Crippen molar-refractivity contribution in [2.45, 2.75) is 145 Å². The number of nitrogens with two attached hydrogens (primary N) is 4. The molecule has 7 aromatic heterocycles. The van der Waals surface area contributed by atoms with Gasteiger partial charge < -0.3 is 47.1 Å². The first-order chi connectivity index (χ1) is 43.5. The average Bonchev–Trinajstić information content (AvgIpc) is 2.03. The van der Waals surface area contributed by atoms with Crippen molar-refractivity contribution in [2.75, 3.05) is 21.3 Å². The second-order valence-corrected chi connectivity index (χ2v) is 48.2. The molecular weight excluding hydrogens is 1420 g/mol. The molecule has 7 heterocycles. The fraction of sp³-hybridized carbons (Fsp3) is 0.415. The number of hydrogen-bond donors (Lipinski definition) is 5. The average molecular weight is 1510 g/mol. The van der Waals surface area contributed by atoms with E-state index in [1.807, 2.05) is 12.1 Å². The Kier molecular flexibility index (Phi) is 37.9. The molecule has 9 N–H and O–H groups in total. The number of unbranched alkanes of at least 4 members (excludes halogenated alkanes) is 6. The molecule has 90 heavy (non-hydrogen) atoms. The fourth-order valence-corrected chi connectivity index (χ4v) is 41.2. The standard InChI is InChI=1S/C18H18N6O3.C7H8ClN3O.C6H6ClN3O.C6H3ClN2.C4H2O.6C4H9.2Sn/c1-25-23-17(19)11-3-5-13(21-9-11)15-7-8-16(27-15)14-6-4-12(10-22-14)18(20)24-26-2;1-12-11-7(9)5-2-3-6(8)10-4-5;7-5-2-1-4(3-9-5)6(8)10-11;1-8-5-2-3-6(7)9-4-5;1-2-4-5-3-1;6*1-3-4-2;;/h3-10H,1-2H3,(H2,19,23)(H2,20,24);2-4H,1H3,(H2,9,11);1-3,11H,(H2,8,10);2-4H;1-2H;6*1,3-4H2,2H3;;. The van der Waals surface area contributed by atoms with Gasteiger partial charge in [-0.3, -0.25) is 15.0 Å². The molecule has 7 rings (SSSR count). The molecular formula is C65H91Cl3N14O6Sn2. The summed E-state index contributed by atoms with van der Waals surface area (Å²) in [5.74, 6) is 2.00. The molecule has 0 fully saturated rings. The van der Waals surface area contributed by atoms with Crippen molar-refractivity contribution in [3.63, 3.8) is 0 Å². The zero-order chi connectivity index (χ0) is 66.2. The minimum absolute atomic E-state index is 0.0224. The van der Waals surface area contributed by atoms with E-state index in [0.717, 1.165) is 0 Å². The Morgan fingerprint density at radius 1 is 0.444 bits per heavy atom. The Balaban J connectivity index is 0.000000320. The monoisotopic (exact) mass is 1510 g/mol. The van der Waals surface area contributed by atoms with E-state index >= 15 is 0 Å². The van der Waals surface area contributed by atoms with Gasteiger partial charge in [-0.05, 0) is 66.7 Å². The van der Waals surface area contributed by atoms with Gasteiger partial charge in [0.1, 0.15) is 48.2 Å². The molecule has 20 nitrogen and oxygen atoms in total. The van der Waals surface area contributed by atoms with Gasteiger partial charge in [0.15, 0.2) is 34.9 Å². The SMILES string of the molecule is CCC[CH2][Sn]([CH2]CCC)([CH2]CCC)[c]1cc[c]([Sn]([CH2]CCC)([CH2]CCC)[CH2]CCC)o1.CO/N=C(\N)c1ccc(-c2ccc(-c3ccc(/C(N)=N/OC)cn3)o2)nc1.CO/N=C(\N)c1ccc(Cl)nc1.N/C(=N/O)c1ccc(Cl)nc1.[C-]#[N+]c1ccc(Cl)nc1. The summed E-state index contributed by atoms with van der Waals surface area (Å²) in [5.41, 5.74) is 26.6. The van der Waals surface area contributed by atoms with Crippen molar-refractivity contribution in [3.05, 3.63) is 165 Å². The first-order valence-electron chi connectivity index (χ1n) is 30.4. The van der Waals surface area contributed by atoms with Gasteiger partial charge in [0.2, 0.25) is 5.69 Å². The Hall–Kier alpha value is -6.65. The van der Waals surface area contributed by atoms with Crippen molar-refractivity contribution >= 4 is 108 Å². The molecule has 0 spiro atoms. The summed E-state index contributed by atoms with van der Waals surface area (Å²) in [5, 5.41) is 23.1. The van der Waals surface area contributed by atoms with E-state index in [1.54, 1.807) is 80.6 Å². The first-order valence-corrected chi connectivity index (χ1v) is 46.5. The van der Waals surface area contributed by atoms with Gasteiger partial charge >= 0.3 is 206 Å². The van der Waals surface area contributed by atoms with Crippen LogP contribution >= 0.6 is 34.8 Å². The number of hydrogen-bond acceptors (Lipinski definition) is 15. The molecule has 7 aromatic rings. The Bertz CT molecular complexity index is 3100. The minimum Gasteiger partial charge on any atom is -0.453 e. The van der Waals surface area contributed by atoms with Gasteiger partial charge in [-0.15, -0.1) is 0 Å². The van der Waals surface area contributed by atoms with Crippen LogP contribution in [0.15, 0.2) is 145 Å². The zero-order valence-corrected chi connectivity index (χ0v) is 61.6. The van der Waals surface area contributed by atoms with E-state index in [9.17, 15) is 0 Å². The Morgan fingerprint density at radius 2 is 0.756 bits per heavy atom. The molecule has 0 unspecified atom stereocenters. The van der Waals surface area contributed by atoms with Crippen LogP contribution in [0, 0.1) is 6.57 Å². The summed E-state index contributed by atoms with van der Waals surface area (Å²) in [6, 6.07) is 25.6. The number of amidine groups is 4. The number of oxime groups is 4. The maximum atomic E-state index is 8.26. The topological polar surface area (TPSA) is 297 Å². The number of pyridine rings is 5. The summed E-state index contributed by atoms with van der Waals surface area (Å²) in [4.78, 5) is 36.9. The van der Waals surface area contributed by atoms with E-state index < -0.39 is 36.8 Å². The van der Waals surface area contributed by atoms with E-state index in [2.05, 4.69) is 119 Å². The zero-order valence-electron chi connectivity index (χ0n) is 53.6. The third-order valence-corrected chi connectivity index (χ3v) is 45.1. The quantitative estimate of drug-likeness (QED) is 0.00554. The molecule has 0 saturated carbocycles. The second kappa shape index (κ2) is 44.0. The predicted octanol–water partition coefficient (Wildman–Crippen LogP) is 15.4. The summed E-state index contributed by atoms with van der Waals surface area (Å²) < 4.78 is 25.4. The number of aromatic nitrogens is 5. The van der Waals surface area contributed by atoms with Crippen molar-refractivity contribution in [2.24, 2.45) is 43.6 Å². The maximum Gasteiger partial charge on any atom is 0.205 e. The van der Waals surface area contributed by atoms with Gasteiger partial charge in [-0.2, -0.15) is 0 Å². The van der Waals surface area contributed by atoms with E-state index in [1.165, 1.54) is 144 Å². The van der Waals surface area contributed by atoms with Crippen LogP contribution in [0.3, 0.4) is 0 Å². The van der Waals surface area contributed by atoms with Crippen molar-refractivity contribution in [1.82, 2.24) is 24.9 Å². The fourth-order valence-electron chi connectivity index (χ4n) is 9.48. The van der Waals surface area contributed by atoms with E-state index in [-0.39, 0.29) is 23.3 Å². The van der Waals surface area contributed by atoms with Crippen LogP contribution in [0.2, 0.25) is 42.1 Å². The maximum absolute atomic E-state index is 8.26. The van der Waals surface area contributed by atoms with E-state index in [4.69, 9.17) is 78.4 Å². The molecule has 25 heteroatoms. The van der Waals surface area contributed by atoms with Gasteiger partial charge in [0.25, 0.3) is 0 Å². The van der Waals surface area contributed by atoms with Crippen molar-refractivity contribution in [1.29, 1.82) is 0 Å². The van der Waals surface area contributed by atoms with Crippen LogP contribution in [-0.4, -0.2) is 112 Å². The van der Waals surface area contributed by atoms with Crippen LogP contribution in [0.25, 0.3) is 27.8 Å². The molecule has 0 atom stereocenters. The molecule has 0 aliphatic rings. The Morgan fingerprint density at radius 3 is 1.01 bits per heavy atom. The van der Waals surface area contributed by atoms with Crippen LogP contribution in [-0.2, 0) is 14.5 Å². The van der Waals surface area contributed by atoms with Crippen LogP contribution < -0.4 is 30.5 Å². The van der Waals surface area contributed by atoms with Crippen LogP contribution in [0.4, 0.5) is 5.69 Å². The smallest absolute Gasteiger partial charge is 0.205 e. The molecule has 0 amide bonds. The summed E-state index contributed by atoms with van der Waals surface area (Å²) in [6.45, 7) is 20.8. The number of furan rings is 2. The largest absolute Gasteiger partial charge is 0.453 e. The van der Waals surface area contributed by atoms with Crippen molar-refractivity contribution < 1.29 is 28.6 Å². The molecule has 0 aliphatic heterocycles. The van der Waals surface area contributed by atoms with Gasteiger partial charge in [0.05, 0.1) is 6.57 Å². The summed E-state index contributed by atoms with van der Waals surface area (Å²) in [6.07, 6.45) is 24.2. The minimum atomic E-state index is -2.45. The third kappa shape index (κ3) is 26.7. The number of nitrogens with zero attached hydrogens (tertiary/aromatic N) is 10. The van der Waals surface area contributed by atoms with Crippen LogP contribution in [0.1, 0.15) is 141 Å². The number of rotatable bonds is 29. The van der Waals surface area contributed by atoms with E-state index in [0.29, 0.717) is 66.3 Å². The first kappa shape index (κ1) is 77.6. The molecule has 0 radical (unpaired) electrons. The molecule has 0 saturated heterocycles. The van der Waals surface area contributed by atoms with Gasteiger partial charge in [0, 0.05) is 53.2 Å².